The first kappa shape index (κ1) is 25.3. The van der Waals surface area contributed by atoms with Gasteiger partial charge in [0.05, 0.1) is 4.90 Å². The number of carbonyl (C=O) groups is 3. The molecular formula is C23H28N4O6S. The SMILES string of the molecule is CN(C)C(=O)[C@H](Cc1ccccc1)NC(=O)[C@H]1O[C@@H]1C(=O)NCCc1ccc(S(N)(=O)=O)cc1. The van der Waals surface area contributed by atoms with Crippen LogP contribution in [0.1, 0.15) is 11.1 Å². The molecule has 1 fully saturated rings. The van der Waals surface area contributed by atoms with Crippen molar-refractivity contribution in [2.75, 3.05) is 20.6 Å². The topological polar surface area (TPSA) is 151 Å². The molecule has 34 heavy (non-hydrogen) atoms. The fraction of sp³-hybridized carbons (Fsp3) is 0.348. The van der Waals surface area contributed by atoms with Gasteiger partial charge in [-0.05, 0) is 29.7 Å². The van der Waals surface area contributed by atoms with E-state index in [2.05, 4.69) is 10.6 Å². The molecule has 182 valence electrons. The van der Waals surface area contributed by atoms with Crippen molar-refractivity contribution in [1.29, 1.82) is 0 Å². The van der Waals surface area contributed by atoms with Crippen LogP contribution in [0.3, 0.4) is 0 Å². The zero-order chi connectivity index (χ0) is 24.9. The Labute approximate surface area is 198 Å². The molecule has 10 nitrogen and oxygen atoms in total. The number of ether oxygens (including phenoxy) is 1. The van der Waals surface area contributed by atoms with Crippen LogP contribution in [-0.2, 0) is 42.0 Å². The average Bonchev–Trinajstić information content (AvgIpc) is 3.60. The Morgan fingerprint density at radius 3 is 2.18 bits per heavy atom. The van der Waals surface area contributed by atoms with Gasteiger partial charge in [0.15, 0.2) is 12.2 Å². The highest BCUT2D eigenvalue weighted by Gasteiger charge is 2.50. The Hall–Kier alpha value is -3.28. The lowest BCUT2D eigenvalue weighted by atomic mass is 10.0. The number of hydrogen-bond donors (Lipinski definition) is 3. The molecule has 2 aromatic carbocycles. The van der Waals surface area contributed by atoms with E-state index in [1.54, 1.807) is 26.2 Å². The van der Waals surface area contributed by atoms with E-state index in [0.29, 0.717) is 12.8 Å². The molecule has 0 unspecified atom stereocenters. The normalized spacial score (nSPS) is 18.0. The largest absolute Gasteiger partial charge is 0.353 e. The monoisotopic (exact) mass is 488 g/mol. The summed E-state index contributed by atoms with van der Waals surface area (Å²) in [5.74, 6) is -1.21. The lowest BCUT2D eigenvalue weighted by Crippen LogP contribution is -2.49. The summed E-state index contributed by atoms with van der Waals surface area (Å²) in [4.78, 5) is 38.9. The minimum Gasteiger partial charge on any atom is -0.353 e. The zero-order valence-corrected chi connectivity index (χ0v) is 19.7. The third kappa shape index (κ3) is 6.86. The first-order valence-corrected chi connectivity index (χ1v) is 12.2. The molecule has 0 bridgehead atoms. The lowest BCUT2D eigenvalue weighted by Gasteiger charge is -2.21. The highest BCUT2D eigenvalue weighted by atomic mass is 32.2. The fourth-order valence-corrected chi connectivity index (χ4v) is 3.92. The van der Waals surface area contributed by atoms with Crippen LogP contribution in [0, 0.1) is 0 Å². The number of nitrogens with one attached hydrogen (secondary N) is 2. The number of rotatable bonds is 10. The van der Waals surface area contributed by atoms with Gasteiger partial charge in [-0.3, -0.25) is 14.4 Å². The van der Waals surface area contributed by atoms with E-state index in [0.717, 1.165) is 11.1 Å². The second kappa shape index (κ2) is 10.8. The van der Waals surface area contributed by atoms with Crippen molar-refractivity contribution in [3.05, 3.63) is 65.7 Å². The number of carbonyl (C=O) groups excluding carboxylic acids is 3. The van der Waals surface area contributed by atoms with Crippen molar-refractivity contribution in [3.63, 3.8) is 0 Å². The third-order valence-corrected chi connectivity index (χ3v) is 6.24. The summed E-state index contributed by atoms with van der Waals surface area (Å²) < 4.78 is 27.9. The van der Waals surface area contributed by atoms with E-state index >= 15 is 0 Å². The molecule has 0 aromatic heterocycles. The Balaban J connectivity index is 1.48. The number of amides is 3. The number of benzene rings is 2. The van der Waals surface area contributed by atoms with Gasteiger partial charge in [0, 0.05) is 27.1 Å². The molecule has 11 heteroatoms. The number of epoxide rings is 1. The molecule has 2 aromatic rings. The van der Waals surface area contributed by atoms with Crippen LogP contribution in [0.2, 0.25) is 0 Å². The van der Waals surface area contributed by atoms with E-state index in [4.69, 9.17) is 9.88 Å². The predicted octanol–water partition coefficient (Wildman–Crippen LogP) is -0.424. The summed E-state index contributed by atoms with van der Waals surface area (Å²) >= 11 is 0. The smallest absolute Gasteiger partial charge is 0.253 e. The molecule has 4 N–H and O–H groups in total. The molecule has 3 amide bonds. The zero-order valence-electron chi connectivity index (χ0n) is 18.9. The van der Waals surface area contributed by atoms with E-state index in [1.807, 2.05) is 30.3 Å². The van der Waals surface area contributed by atoms with E-state index in [1.165, 1.54) is 17.0 Å². The summed E-state index contributed by atoms with van der Waals surface area (Å²) in [5, 5.41) is 10.5. The second-order valence-electron chi connectivity index (χ2n) is 8.19. The fourth-order valence-electron chi connectivity index (χ4n) is 3.40. The number of sulfonamides is 1. The molecule has 0 aliphatic carbocycles. The van der Waals surface area contributed by atoms with Crippen LogP contribution in [0.5, 0.6) is 0 Å². The number of likely N-dealkylation sites (N-methyl/N-ethyl adjacent to an activating group) is 1. The van der Waals surface area contributed by atoms with Crippen LogP contribution >= 0.6 is 0 Å². The first-order chi connectivity index (χ1) is 16.1. The first-order valence-electron chi connectivity index (χ1n) is 10.7. The summed E-state index contributed by atoms with van der Waals surface area (Å²) in [6, 6.07) is 14.6. The molecule has 0 spiro atoms. The molecule has 1 saturated heterocycles. The van der Waals surface area contributed by atoms with Gasteiger partial charge in [-0.25, -0.2) is 13.6 Å². The van der Waals surface area contributed by atoms with Gasteiger partial charge in [-0.1, -0.05) is 42.5 Å². The van der Waals surface area contributed by atoms with Gasteiger partial charge < -0.3 is 20.3 Å². The van der Waals surface area contributed by atoms with Gasteiger partial charge in [0.25, 0.3) is 11.8 Å². The summed E-state index contributed by atoms with van der Waals surface area (Å²) in [7, 11) is -0.536. The van der Waals surface area contributed by atoms with Crippen LogP contribution in [0.25, 0.3) is 0 Å². The van der Waals surface area contributed by atoms with Gasteiger partial charge in [0.2, 0.25) is 15.9 Å². The van der Waals surface area contributed by atoms with E-state index in [9.17, 15) is 22.8 Å². The highest BCUT2D eigenvalue weighted by molar-refractivity contribution is 7.89. The van der Waals surface area contributed by atoms with Gasteiger partial charge in [-0.2, -0.15) is 0 Å². The Morgan fingerprint density at radius 1 is 0.971 bits per heavy atom. The van der Waals surface area contributed by atoms with Crippen molar-refractivity contribution in [3.8, 4) is 0 Å². The standard InChI is InChI=1S/C23H28N4O6S/c1-27(2)23(30)18(14-16-6-4-3-5-7-16)26-22(29)20-19(33-20)21(28)25-13-12-15-8-10-17(11-9-15)34(24,31)32/h3-11,18-20H,12-14H2,1-2H3,(H,25,28)(H,26,29)(H2,24,31,32)/t18-,19-,20-/m0/s1. The molecule has 1 aliphatic rings. The maximum atomic E-state index is 12.6. The van der Waals surface area contributed by atoms with Crippen LogP contribution in [-0.4, -0.2) is 69.9 Å². The molecular weight excluding hydrogens is 460 g/mol. The summed E-state index contributed by atoms with van der Waals surface area (Å²) in [6.07, 6.45) is -1.10. The molecule has 3 rings (SSSR count). The Kier molecular flexibility index (Phi) is 8.02. The molecule has 0 saturated carbocycles. The van der Waals surface area contributed by atoms with E-state index in [-0.39, 0.29) is 17.3 Å². The Bertz CT molecular complexity index is 1140. The minimum absolute atomic E-state index is 0.0128. The summed E-state index contributed by atoms with van der Waals surface area (Å²) in [6.45, 7) is 0.275. The summed E-state index contributed by atoms with van der Waals surface area (Å²) in [5.41, 5.74) is 1.70. The number of nitrogens with two attached hydrogens (primary N) is 1. The van der Waals surface area contributed by atoms with Crippen molar-refractivity contribution >= 4 is 27.7 Å². The molecule has 3 atom stereocenters. The average molecular weight is 489 g/mol. The Morgan fingerprint density at radius 2 is 1.59 bits per heavy atom. The van der Waals surface area contributed by atoms with Crippen LogP contribution < -0.4 is 15.8 Å². The molecule has 1 aliphatic heterocycles. The van der Waals surface area contributed by atoms with Gasteiger partial charge >= 0.3 is 0 Å². The quantitative estimate of drug-likeness (QED) is 0.386. The number of hydrogen-bond acceptors (Lipinski definition) is 6. The van der Waals surface area contributed by atoms with Crippen LogP contribution in [0.15, 0.2) is 59.5 Å². The van der Waals surface area contributed by atoms with Crippen LogP contribution in [0.4, 0.5) is 0 Å². The highest BCUT2D eigenvalue weighted by Crippen LogP contribution is 2.23. The van der Waals surface area contributed by atoms with Crippen molar-refractivity contribution < 1.29 is 27.5 Å². The van der Waals surface area contributed by atoms with Crippen molar-refractivity contribution in [2.45, 2.75) is 36.0 Å². The van der Waals surface area contributed by atoms with Gasteiger partial charge in [-0.15, -0.1) is 0 Å². The second-order valence-corrected chi connectivity index (χ2v) is 9.75. The molecule has 1 heterocycles. The number of primary sulfonamides is 1. The maximum Gasteiger partial charge on any atom is 0.253 e. The minimum atomic E-state index is -3.76. The predicted molar refractivity (Wildman–Crippen MR) is 124 cm³/mol. The van der Waals surface area contributed by atoms with Crippen molar-refractivity contribution in [2.24, 2.45) is 5.14 Å². The molecule has 0 radical (unpaired) electrons. The van der Waals surface area contributed by atoms with Crippen molar-refractivity contribution in [1.82, 2.24) is 15.5 Å². The third-order valence-electron chi connectivity index (χ3n) is 5.31. The number of nitrogens with zero attached hydrogens (tertiary/aromatic N) is 1. The maximum absolute atomic E-state index is 12.6. The lowest BCUT2D eigenvalue weighted by molar-refractivity contribution is -0.134. The van der Waals surface area contributed by atoms with Gasteiger partial charge in [0.1, 0.15) is 6.04 Å². The van der Waals surface area contributed by atoms with E-state index < -0.39 is 40.1 Å².